The van der Waals surface area contributed by atoms with Crippen molar-refractivity contribution >= 4 is 10.0 Å². The first kappa shape index (κ1) is 15.0. The normalized spacial score (nSPS) is 34.3. The summed E-state index contributed by atoms with van der Waals surface area (Å²) < 4.78 is 41.1. The minimum Gasteiger partial charge on any atom is -0.207 e. The number of nitrogens with one attached hydrogen (secondary N) is 1. The van der Waals surface area contributed by atoms with E-state index in [0.717, 1.165) is 18.9 Å². The first-order valence-corrected chi connectivity index (χ1v) is 8.93. The largest absolute Gasteiger partial charge is 0.240 e. The summed E-state index contributed by atoms with van der Waals surface area (Å²) in [4.78, 5) is 0.00618. The smallest absolute Gasteiger partial charge is 0.207 e. The van der Waals surface area contributed by atoms with Crippen LogP contribution in [-0.2, 0) is 10.0 Å². The van der Waals surface area contributed by atoms with E-state index >= 15 is 0 Å². The molecule has 1 N–H and O–H groups in total. The van der Waals surface area contributed by atoms with Crippen molar-refractivity contribution in [2.24, 2.45) is 16.7 Å². The lowest BCUT2D eigenvalue weighted by atomic mass is 9.69. The van der Waals surface area contributed by atoms with Gasteiger partial charge in [-0.25, -0.2) is 17.5 Å². The van der Waals surface area contributed by atoms with Gasteiger partial charge in [-0.2, -0.15) is 0 Å². The molecule has 0 aromatic heterocycles. The minimum atomic E-state index is -3.67. The monoisotopic (exact) mass is 311 g/mol. The fraction of sp³-hybridized carbons (Fsp3) is 0.625. The fourth-order valence-electron chi connectivity index (χ4n) is 4.27. The predicted molar refractivity (Wildman–Crippen MR) is 79.7 cm³/mol. The molecule has 1 aromatic rings. The standard InChI is InChI=1S/C16H22FNO2S/c1-15(2)11-7-8-16(15,3)14(9-11)18-21(19,20)13-6-4-5-12(17)10-13/h4-6,10-11,14,18H,7-9H2,1-3H3. The number of halogens is 1. The Morgan fingerprint density at radius 2 is 2.00 bits per heavy atom. The molecule has 3 atom stereocenters. The molecule has 0 radical (unpaired) electrons. The van der Waals surface area contributed by atoms with Crippen LogP contribution in [-0.4, -0.2) is 14.5 Å². The molecule has 2 saturated carbocycles. The molecule has 3 nitrogen and oxygen atoms in total. The van der Waals surface area contributed by atoms with Gasteiger partial charge in [0.15, 0.2) is 0 Å². The molecule has 2 bridgehead atoms. The maximum absolute atomic E-state index is 13.3. The highest BCUT2D eigenvalue weighted by atomic mass is 32.2. The molecule has 5 heteroatoms. The van der Waals surface area contributed by atoms with Gasteiger partial charge in [0.05, 0.1) is 4.90 Å². The van der Waals surface area contributed by atoms with E-state index in [1.807, 2.05) is 0 Å². The average Bonchev–Trinajstić information content (AvgIpc) is 2.71. The van der Waals surface area contributed by atoms with Crippen LogP contribution in [0, 0.1) is 22.6 Å². The number of benzene rings is 1. The number of sulfonamides is 1. The highest BCUT2D eigenvalue weighted by Crippen LogP contribution is 2.65. The van der Waals surface area contributed by atoms with E-state index in [2.05, 4.69) is 25.5 Å². The SMILES string of the molecule is CC1(C)C2CCC1(C)C(NS(=O)(=O)c1cccc(F)c1)C2. The Hall–Kier alpha value is -0.940. The summed E-state index contributed by atoms with van der Waals surface area (Å²) in [5, 5.41) is 0. The highest BCUT2D eigenvalue weighted by molar-refractivity contribution is 7.89. The predicted octanol–water partition coefficient (Wildman–Crippen LogP) is 3.32. The molecule has 0 amide bonds. The molecule has 3 unspecified atom stereocenters. The van der Waals surface area contributed by atoms with Crippen molar-refractivity contribution in [2.45, 2.75) is 51.0 Å². The maximum atomic E-state index is 13.3. The third kappa shape index (κ3) is 2.13. The van der Waals surface area contributed by atoms with Gasteiger partial charge in [-0.1, -0.05) is 26.8 Å². The number of rotatable bonds is 3. The zero-order valence-electron chi connectivity index (χ0n) is 12.7. The fourth-order valence-corrected chi connectivity index (χ4v) is 5.66. The zero-order chi connectivity index (χ0) is 15.5. The van der Waals surface area contributed by atoms with Crippen LogP contribution in [0.4, 0.5) is 4.39 Å². The molecule has 116 valence electrons. The van der Waals surface area contributed by atoms with Crippen LogP contribution < -0.4 is 4.72 Å². The van der Waals surface area contributed by atoms with Crippen molar-refractivity contribution in [3.63, 3.8) is 0 Å². The Balaban J connectivity index is 1.88. The molecule has 2 aliphatic rings. The molecule has 3 rings (SSSR count). The van der Waals surface area contributed by atoms with Crippen LogP contribution in [0.2, 0.25) is 0 Å². The van der Waals surface area contributed by atoms with Gasteiger partial charge in [0, 0.05) is 6.04 Å². The Bertz CT molecular complexity index is 671. The van der Waals surface area contributed by atoms with Gasteiger partial charge in [-0.05, 0) is 54.2 Å². The van der Waals surface area contributed by atoms with Gasteiger partial charge in [0.1, 0.15) is 5.82 Å². The van der Waals surface area contributed by atoms with Gasteiger partial charge in [-0.3, -0.25) is 0 Å². The molecule has 1 aromatic carbocycles. The summed E-state index contributed by atoms with van der Waals surface area (Å²) in [6, 6.07) is 5.12. The molecule has 0 saturated heterocycles. The van der Waals surface area contributed by atoms with Crippen molar-refractivity contribution in [2.75, 3.05) is 0 Å². The van der Waals surface area contributed by atoms with Gasteiger partial charge in [0.25, 0.3) is 0 Å². The van der Waals surface area contributed by atoms with Crippen LogP contribution >= 0.6 is 0 Å². The Kier molecular flexibility index (Phi) is 3.23. The molecular formula is C16H22FNO2S. The summed E-state index contributed by atoms with van der Waals surface area (Å²) in [5.74, 6) is 0.0278. The first-order valence-electron chi connectivity index (χ1n) is 7.45. The van der Waals surface area contributed by atoms with E-state index in [9.17, 15) is 12.8 Å². The molecule has 0 aliphatic heterocycles. The summed E-state index contributed by atoms with van der Waals surface area (Å²) in [7, 11) is -3.67. The van der Waals surface area contributed by atoms with Crippen LogP contribution in [0.3, 0.4) is 0 Å². The summed E-state index contributed by atoms with van der Waals surface area (Å²) in [6.07, 6.45) is 3.08. The van der Waals surface area contributed by atoms with Crippen LogP contribution in [0.25, 0.3) is 0 Å². The second-order valence-electron chi connectivity index (χ2n) is 7.24. The zero-order valence-corrected chi connectivity index (χ0v) is 13.5. The molecule has 21 heavy (non-hydrogen) atoms. The minimum absolute atomic E-state index is 0.00618. The van der Waals surface area contributed by atoms with E-state index in [0.29, 0.717) is 5.92 Å². The third-order valence-electron chi connectivity index (χ3n) is 6.20. The lowest BCUT2D eigenvalue weighted by Crippen LogP contribution is -2.46. The topological polar surface area (TPSA) is 46.2 Å². The second kappa shape index (κ2) is 4.53. The van der Waals surface area contributed by atoms with Gasteiger partial charge in [-0.15, -0.1) is 0 Å². The first-order chi connectivity index (χ1) is 9.67. The van der Waals surface area contributed by atoms with Crippen molar-refractivity contribution in [1.29, 1.82) is 0 Å². The van der Waals surface area contributed by atoms with Gasteiger partial charge < -0.3 is 0 Å². The Labute approximate surface area is 126 Å². The van der Waals surface area contributed by atoms with Crippen LogP contribution in [0.5, 0.6) is 0 Å². The number of fused-ring (bicyclic) bond motifs is 2. The Morgan fingerprint density at radius 3 is 2.52 bits per heavy atom. The second-order valence-corrected chi connectivity index (χ2v) is 8.96. The molecule has 0 spiro atoms. The third-order valence-corrected chi connectivity index (χ3v) is 7.67. The van der Waals surface area contributed by atoms with E-state index in [1.165, 1.54) is 24.6 Å². The van der Waals surface area contributed by atoms with Gasteiger partial charge >= 0.3 is 0 Å². The van der Waals surface area contributed by atoms with Crippen molar-refractivity contribution in [1.82, 2.24) is 4.72 Å². The van der Waals surface area contributed by atoms with E-state index < -0.39 is 15.8 Å². The summed E-state index contributed by atoms with van der Waals surface area (Å²) in [5.41, 5.74) is 0.111. The van der Waals surface area contributed by atoms with Crippen molar-refractivity contribution < 1.29 is 12.8 Å². The van der Waals surface area contributed by atoms with E-state index in [1.54, 1.807) is 0 Å². The molecule has 2 fully saturated rings. The number of hydrogen-bond donors (Lipinski definition) is 1. The average molecular weight is 311 g/mol. The lowest BCUT2D eigenvalue weighted by molar-refractivity contribution is 0.130. The summed E-state index contributed by atoms with van der Waals surface area (Å²) >= 11 is 0. The van der Waals surface area contributed by atoms with Crippen LogP contribution in [0.1, 0.15) is 40.0 Å². The Morgan fingerprint density at radius 1 is 1.29 bits per heavy atom. The lowest BCUT2D eigenvalue weighted by Gasteiger charge is -2.39. The van der Waals surface area contributed by atoms with Crippen molar-refractivity contribution in [3.8, 4) is 0 Å². The van der Waals surface area contributed by atoms with Crippen molar-refractivity contribution in [3.05, 3.63) is 30.1 Å². The maximum Gasteiger partial charge on any atom is 0.240 e. The van der Waals surface area contributed by atoms with E-state index in [4.69, 9.17) is 0 Å². The molecular weight excluding hydrogens is 289 g/mol. The van der Waals surface area contributed by atoms with E-state index in [-0.39, 0.29) is 21.8 Å². The summed E-state index contributed by atoms with van der Waals surface area (Å²) in [6.45, 7) is 6.65. The van der Waals surface area contributed by atoms with Crippen LogP contribution in [0.15, 0.2) is 29.2 Å². The molecule has 2 aliphatic carbocycles. The quantitative estimate of drug-likeness (QED) is 0.931. The number of hydrogen-bond acceptors (Lipinski definition) is 2. The van der Waals surface area contributed by atoms with Gasteiger partial charge in [0.2, 0.25) is 10.0 Å². The molecule has 0 heterocycles. The highest BCUT2D eigenvalue weighted by Gasteiger charge is 2.61.